The van der Waals surface area contributed by atoms with Crippen molar-refractivity contribution in [3.63, 3.8) is 0 Å². The summed E-state index contributed by atoms with van der Waals surface area (Å²) in [4.78, 5) is 0. The first-order chi connectivity index (χ1) is 14.2. The molecule has 1 aromatic heterocycles. The number of ether oxygens (including phenoxy) is 2. The van der Waals surface area contributed by atoms with Crippen LogP contribution in [0.4, 0.5) is 5.69 Å². The lowest BCUT2D eigenvalue weighted by Crippen LogP contribution is -2.46. The molecule has 2 unspecified atom stereocenters. The Hall–Kier alpha value is -3.09. The number of tetrazole rings is 1. The fourth-order valence-electron chi connectivity index (χ4n) is 4.22. The monoisotopic (exact) mass is 393 g/mol. The largest absolute Gasteiger partial charge is 0.497 e. The molecule has 1 aliphatic rings. The number of rotatable bonds is 6. The number of anilines is 1. The molecule has 4 rings (SSSR count). The van der Waals surface area contributed by atoms with Crippen LogP contribution in [-0.4, -0.2) is 34.4 Å². The average molecular weight is 393 g/mol. The van der Waals surface area contributed by atoms with Crippen LogP contribution in [0.3, 0.4) is 0 Å². The van der Waals surface area contributed by atoms with Gasteiger partial charge in [-0.05, 0) is 77.7 Å². The topological polar surface area (TPSA) is 74.1 Å². The van der Waals surface area contributed by atoms with E-state index in [1.165, 1.54) is 6.42 Å². The Morgan fingerprint density at radius 1 is 0.966 bits per heavy atom. The second-order valence-electron chi connectivity index (χ2n) is 7.58. The molecule has 1 fully saturated rings. The van der Waals surface area contributed by atoms with Gasteiger partial charge in [-0.25, -0.2) is 0 Å². The smallest absolute Gasteiger partial charge is 0.182 e. The number of hydrogen-bond donors (Lipinski definition) is 1. The van der Waals surface area contributed by atoms with Gasteiger partial charge in [0.05, 0.1) is 19.9 Å². The molecule has 3 aromatic rings. The molecule has 0 amide bonds. The van der Waals surface area contributed by atoms with E-state index in [-0.39, 0.29) is 5.54 Å². The highest BCUT2D eigenvalue weighted by Crippen LogP contribution is 2.43. The lowest BCUT2D eigenvalue weighted by atomic mass is 9.72. The maximum absolute atomic E-state index is 5.30. The summed E-state index contributed by atoms with van der Waals surface area (Å²) in [6.07, 6.45) is 4.44. The van der Waals surface area contributed by atoms with Crippen molar-refractivity contribution in [2.24, 2.45) is 5.92 Å². The van der Waals surface area contributed by atoms with Gasteiger partial charge in [0.1, 0.15) is 17.0 Å². The molecule has 0 bridgehead atoms. The van der Waals surface area contributed by atoms with E-state index in [0.717, 1.165) is 48.0 Å². The van der Waals surface area contributed by atoms with Crippen molar-refractivity contribution >= 4 is 5.69 Å². The summed E-state index contributed by atoms with van der Waals surface area (Å²) in [6, 6.07) is 15.8. The normalized spacial score (nSPS) is 21.6. The maximum Gasteiger partial charge on any atom is 0.182 e. The molecule has 1 aliphatic carbocycles. The Morgan fingerprint density at radius 2 is 1.62 bits per heavy atom. The maximum atomic E-state index is 5.30. The summed E-state index contributed by atoms with van der Waals surface area (Å²) >= 11 is 0. The third kappa shape index (κ3) is 3.64. The zero-order chi connectivity index (χ0) is 20.3. The van der Waals surface area contributed by atoms with Crippen LogP contribution in [0.5, 0.6) is 11.5 Å². The second-order valence-corrected chi connectivity index (χ2v) is 7.58. The summed E-state index contributed by atoms with van der Waals surface area (Å²) in [5.41, 5.74) is 1.60. The first kappa shape index (κ1) is 19.2. The van der Waals surface area contributed by atoms with Gasteiger partial charge >= 0.3 is 0 Å². The SMILES string of the molecule is COc1ccc(NC2(c3nnnn3-c3ccc(OC)cc3)CCCCC2C)cc1. The van der Waals surface area contributed by atoms with Crippen LogP contribution in [0.25, 0.3) is 5.69 Å². The average Bonchev–Trinajstić information content (AvgIpc) is 3.26. The quantitative estimate of drug-likeness (QED) is 0.677. The summed E-state index contributed by atoms with van der Waals surface area (Å²) in [5.74, 6) is 2.86. The highest BCUT2D eigenvalue weighted by Gasteiger charge is 2.44. The number of aromatic nitrogens is 4. The van der Waals surface area contributed by atoms with Crippen molar-refractivity contribution in [2.75, 3.05) is 19.5 Å². The molecular formula is C22H27N5O2. The van der Waals surface area contributed by atoms with Gasteiger partial charge in [0, 0.05) is 5.69 Å². The predicted molar refractivity (Wildman–Crippen MR) is 112 cm³/mol. The first-order valence-electron chi connectivity index (χ1n) is 10.0. The minimum Gasteiger partial charge on any atom is -0.497 e. The molecule has 0 radical (unpaired) electrons. The Morgan fingerprint density at radius 3 is 2.24 bits per heavy atom. The number of methoxy groups -OCH3 is 2. The van der Waals surface area contributed by atoms with Crippen molar-refractivity contribution in [3.8, 4) is 17.2 Å². The van der Waals surface area contributed by atoms with Crippen molar-refractivity contribution in [2.45, 2.75) is 38.1 Å². The molecule has 1 N–H and O–H groups in total. The number of nitrogens with zero attached hydrogens (tertiary/aromatic N) is 4. The zero-order valence-corrected chi connectivity index (χ0v) is 17.1. The lowest BCUT2D eigenvalue weighted by Gasteiger charge is -2.42. The van der Waals surface area contributed by atoms with E-state index in [1.807, 2.05) is 53.2 Å². The van der Waals surface area contributed by atoms with Crippen molar-refractivity contribution < 1.29 is 9.47 Å². The minimum absolute atomic E-state index is 0.351. The molecule has 152 valence electrons. The summed E-state index contributed by atoms with van der Waals surface area (Å²) in [5, 5.41) is 16.6. The van der Waals surface area contributed by atoms with Gasteiger partial charge in [-0.3, -0.25) is 0 Å². The van der Waals surface area contributed by atoms with Gasteiger partial charge in [-0.1, -0.05) is 19.8 Å². The van der Waals surface area contributed by atoms with E-state index in [2.05, 4.69) is 27.8 Å². The van der Waals surface area contributed by atoms with Gasteiger partial charge in [0.15, 0.2) is 5.82 Å². The third-order valence-electron chi connectivity index (χ3n) is 5.94. The molecule has 0 spiro atoms. The van der Waals surface area contributed by atoms with E-state index in [4.69, 9.17) is 9.47 Å². The van der Waals surface area contributed by atoms with E-state index < -0.39 is 0 Å². The van der Waals surface area contributed by atoms with Crippen LogP contribution in [0.1, 0.15) is 38.4 Å². The van der Waals surface area contributed by atoms with Gasteiger partial charge in [0.2, 0.25) is 0 Å². The van der Waals surface area contributed by atoms with Gasteiger partial charge in [-0.2, -0.15) is 4.68 Å². The highest BCUT2D eigenvalue weighted by molar-refractivity contribution is 5.50. The lowest BCUT2D eigenvalue weighted by molar-refractivity contribution is 0.215. The predicted octanol–water partition coefficient (Wildman–Crippen LogP) is 4.20. The van der Waals surface area contributed by atoms with Crippen LogP contribution < -0.4 is 14.8 Å². The third-order valence-corrected chi connectivity index (χ3v) is 5.94. The summed E-state index contributed by atoms with van der Waals surface area (Å²) in [6.45, 7) is 2.28. The molecule has 2 aromatic carbocycles. The van der Waals surface area contributed by atoms with Gasteiger partial charge < -0.3 is 14.8 Å². The molecule has 2 atom stereocenters. The second kappa shape index (κ2) is 8.11. The van der Waals surface area contributed by atoms with Crippen molar-refractivity contribution in [3.05, 3.63) is 54.4 Å². The summed E-state index contributed by atoms with van der Waals surface area (Å²) in [7, 11) is 3.34. The molecule has 7 nitrogen and oxygen atoms in total. The minimum atomic E-state index is -0.351. The molecule has 1 saturated carbocycles. The Labute approximate surface area is 171 Å². The molecule has 0 saturated heterocycles. The molecule has 1 heterocycles. The van der Waals surface area contributed by atoms with E-state index in [1.54, 1.807) is 14.2 Å². The van der Waals surface area contributed by atoms with E-state index in [9.17, 15) is 0 Å². The van der Waals surface area contributed by atoms with Crippen LogP contribution in [0, 0.1) is 5.92 Å². The fraction of sp³-hybridized carbons (Fsp3) is 0.409. The molecular weight excluding hydrogens is 366 g/mol. The first-order valence-corrected chi connectivity index (χ1v) is 10.0. The van der Waals surface area contributed by atoms with Crippen LogP contribution in [-0.2, 0) is 5.54 Å². The zero-order valence-electron chi connectivity index (χ0n) is 17.1. The Bertz CT molecular complexity index is 939. The Balaban J connectivity index is 1.75. The molecule has 7 heteroatoms. The van der Waals surface area contributed by atoms with E-state index in [0.29, 0.717) is 5.92 Å². The van der Waals surface area contributed by atoms with Crippen LogP contribution >= 0.6 is 0 Å². The van der Waals surface area contributed by atoms with Gasteiger partial charge in [0.25, 0.3) is 0 Å². The number of benzene rings is 2. The fourth-order valence-corrected chi connectivity index (χ4v) is 4.22. The Kier molecular flexibility index (Phi) is 5.38. The van der Waals surface area contributed by atoms with Crippen LogP contribution in [0.15, 0.2) is 48.5 Å². The van der Waals surface area contributed by atoms with Crippen LogP contribution in [0.2, 0.25) is 0 Å². The van der Waals surface area contributed by atoms with Crippen molar-refractivity contribution in [1.82, 2.24) is 20.2 Å². The summed E-state index contributed by atoms with van der Waals surface area (Å²) < 4.78 is 12.4. The van der Waals surface area contributed by atoms with Gasteiger partial charge in [-0.15, -0.1) is 5.10 Å². The number of nitrogens with one attached hydrogen (secondary N) is 1. The molecule has 29 heavy (non-hydrogen) atoms. The van der Waals surface area contributed by atoms with Crippen molar-refractivity contribution in [1.29, 1.82) is 0 Å². The highest BCUT2D eigenvalue weighted by atomic mass is 16.5. The molecule has 0 aliphatic heterocycles. The standard InChI is InChI=1S/C22H27N5O2/c1-16-6-4-5-15-22(16,23-17-7-11-19(28-2)12-8-17)21-24-25-26-27(21)18-9-13-20(29-3)14-10-18/h7-14,16,23H,4-6,15H2,1-3H3. The number of hydrogen-bond acceptors (Lipinski definition) is 6. The van der Waals surface area contributed by atoms with E-state index >= 15 is 0 Å².